The molecule has 6 heteroatoms. The molecule has 0 atom stereocenters. The van der Waals surface area contributed by atoms with Crippen LogP contribution in [0.5, 0.6) is 0 Å². The molecule has 0 bridgehead atoms. The Bertz CT molecular complexity index is 803. The van der Waals surface area contributed by atoms with Gasteiger partial charge in [-0.25, -0.2) is 0 Å². The van der Waals surface area contributed by atoms with Crippen LogP contribution in [-0.2, 0) is 9.47 Å². The molecule has 2 saturated heterocycles. The predicted molar refractivity (Wildman–Crippen MR) is 177 cm³/mol. The van der Waals surface area contributed by atoms with Crippen LogP contribution in [-0.4, -0.2) is 96.6 Å². The fourth-order valence-electron chi connectivity index (χ4n) is 7.78. The zero-order valence-electron chi connectivity index (χ0n) is 29.5. The summed E-state index contributed by atoms with van der Waals surface area (Å²) < 4.78 is 13.0. The molecule has 246 valence electrons. The first-order valence-electron chi connectivity index (χ1n) is 17.7. The summed E-state index contributed by atoms with van der Waals surface area (Å²) in [6.07, 6.45) is 13.9. The summed E-state index contributed by atoms with van der Waals surface area (Å²) in [5.74, 6) is 0. The number of piperidine rings is 2. The van der Waals surface area contributed by atoms with Crippen molar-refractivity contribution in [3.63, 3.8) is 0 Å². The Labute approximate surface area is 260 Å². The van der Waals surface area contributed by atoms with Gasteiger partial charge in [0.15, 0.2) is 0 Å². The average Bonchev–Trinajstić information content (AvgIpc) is 2.81. The van der Waals surface area contributed by atoms with Gasteiger partial charge >= 0.3 is 0 Å². The standard InChI is InChI=1S/C36H70N4O2/c1-33(2,3)25-39-17-11-29(12-18-39)42-32-23-28(24-32)38-36(9,10)16-15-35(7,8)26-40-19-13-30(14-20-40)41-31-21-27(22-31)37-34(4,5)6/h27-32,37-38H,11-26H2,1-10H3/t27-,28-,31-,32+. The molecule has 4 fully saturated rings. The highest BCUT2D eigenvalue weighted by molar-refractivity contribution is 4.94. The first-order chi connectivity index (χ1) is 19.4. The first kappa shape index (κ1) is 34.6. The smallest absolute Gasteiger partial charge is 0.0608 e. The number of likely N-dealkylation sites (tertiary alicyclic amines) is 2. The Balaban J connectivity index is 1.05. The van der Waals surface area contributed by atoms with Gasteiger partial charge in [-0.15, -0.1) is 0 Å². The number of ether oxygens (including phenoxy) is 2. The molecule has 2 aliphatic heterocycles. The molecule has 4 rings (SSSR count). The largest absolute Gasteiger partial charge is 0.375 e. The minimum atomic E-state index is 0.175. The highest BCUT2D eigenvalue weighted by Gasteiger charge is 2.38. The molecule has 42 heavy (non-hydrogen) atoms. The molecular weight excluding hydrogens is 520 g/mol. The Morgan fingerprint density at radius 2 is 0.976 bits per heavy atom. The van der Waals surface area contributed by atoms with E-state index in [1.807, 2.05) is 0 Å². The van der Waals surface area contributed by atoms with Gasteiger partial charge in [0.2, 0.25) is 0 Å². The molecule has 0 spiro atoms. The molecular formula is C36H70N4O2. The van der Waals surface area contributed by atoms with E-state index in [4.69, 9.17) is 9.47 Å². The van der Waals surface area contributed by atoms with Gasteiger partial charge in [0, 0.05) is 62.4 Å². The molecule has 2 saturated carbocycles. The van der Waals surface area contributed by atoms with E-state index in [2.05, 4.69) is 89.7 Å². The van der Waals surface area contributed by atoms with E-state index in [1.54, 1.807) is 0 Å². The summed E-state index contributed by atoms with van der Waals surface area (Å²) >= 11 is 0. The lowest BCUT2D eigenvalue weighted by molar-refractivity contribution is -0.0894. The van der Waals surface area contributed by atoms with Crippen LogP contribution in [0.4, 0.5) is 0 Å². The Hall–Kier alpha value is -0.240. The van der Waals surface area contributed by atoms with E-state index in [0.29, 0.717) is 47.3 Å². The second-order valence-electron chi connectivity index (χ2n) is 18.5. The highest BCUT2D eigenvalue weighted by atomic mass is 16.5. The van der Waals surface area contributed by atoms with E-state index in [-0.39, 0.29) is 11.1 Å². The topological polar surface area (TPSA) is 49.0 Å². The van der Waals surface area contributed by atoms with Crippen molar-refractivity contribution in [1.29, 1.82) is 0 Å². The summed E-state index contributed by atoms with van der Waals surface area (Å²) in [5, 5.41) is 7.71. The van der Waals surface area contributed by atoms with Crippen LogP contribution >= 0.6 is 0 Å². The Morgan fingerprint density at radius 3 is 1.40 bits per heavy atom. The van der Waals surface area contributed by atoms with Crippen LogP contribution < -0.4 is 10.6 Å². The second kappa shape index (κ2) is 14.0. The summed E-state index contributed by atoms with van der Waals surface area (Å²) in [6, 6.07) is 1.25. The van der Waals surface area contributed by atoms with Gasteiger partial charge in [0.05, 0.1) is 24.4 Å². The summed E-state index contributed by atoms with van der Waals surface area (Å²) in [7, 11) is 0. The van der Waals surface area contributed by atoms with E-state index >= 15 is 0 Å². The number of hydrogen-bond acceptors (Lipinski definition) is 6. The monoisotopic (exact) mass is 591 g/mol. The Kier molecular flexibility index (Phi) is 11.6. The lowest BCUT2D eigenvalue weighted by atomic mass is 9.80. The third-order valence-corrected chi connectivity index (χ3v) is 10.0. The quantitative estimate of drug-likeness (QED) is 0.252. The second-order valence-corrected chi connectivity index (χ2v) is 18.5. The van der Waals surface area contributed by atoms with Crippen LogP contribution in [0, 0.1) is 10.8 Å². The van der Waals surface area contributed by atoms with Crippen molar-refractivity contribution in [3.8, 4) is 0 Å². The molecule has 2 aliphatic carbocycles. The van der Waals surface area contributed by atoms with Gasteiger partial charge in [0.1, 0.15) is 0 Å². The first-order valence-corrected chi connectivity index (χ1v) is 17.7. The van der Waals surface area contributed by atoms with Gasteiger partial charge in [-0.3, -0.25) is 0 Å². The number of nitrogens with zero attached hydrogens (tertiary/aromatic N) is 2. The highest BCUT2D eigenvalue weighted by Crippen LogP contribution is 2.34. The average molecular weight is 591 g/mol. The maximum absolute atomic E-state index is 6.53. The van der Waals surface area contributed by atoms with Crippen LogP contribution in [0.25, 0.3) is 0 Å². The zero-order valence-corrected chi connectivity index (χ0v) is 29.5. The molecule has 0 radical (unpaired) electrons. The maximum atomic E-state index is 6.53. The minimum Gasteiger partial charge on any atom is -0.375 e. The lowest BCUT2D eigenvalue weighted by Gasteiger charge is -2.45. The molecule has 6 nitrogen and oxygen atoms in total. The lowest BCUT2D eigenvalue weighted by Crippen LogP contribution is -2.55. The van der Waals surface area contributed by atoms with E-state index in [0.717, 1.165) is 0 Å². The number of hydrogen-bond donors (Lipinski definition) is 2. The molecule has 4 aliphatic rings. The fourth-order valence-corrected chi connectivity index (χ4v) is 7.78. The third-order valence-electron chi connectivity index (χ3n) is 10.0. The van der Waals surface area contributed by atoms with Crippen molar-refractivity contribution < 1.29 is 9.47 Å². The van der Waals surface area contributed by atoms with Gasteiger partial charge in [-0.2, -0.15) is 0 Å². The fraction of sp³-hybridized carbons (Fsp3) is 1.00. The third kappa shape index (κ3) is 11.9. The summed E-state index contributed by atoms with van der Waals surface area (Å²) in [5.41, 5.74) is 1.10. The van der Waals surface area contributed by atoms with E-state index in [1.165, 1.54) is 103 Å². The number of rotatable bonds is 13. The molecule has 2 N–H and O–H groups in total. The van der Waals surface area contributed by atoms with Crippen LogP contribution in [0.1, 0.15) is 133 Å². The van der Waals surface area contributed by atoms with Crippen molar-refractivity contribution >= 4 is 0 Å². The van der Waals surface area contributed by atoms with Crippen LogP contribution in [0.3, 0.4) is 0 Å². The van der Waals surface area contributed by atoms with Crippen LogP contribution in [0.15, 0.2) is 0 Å². The molecule has 2 heterocycles. The summed E-state index contributed by atoms with van der Waals surface area (Å²) in [4.78, 5) is 5.33. The minimum absolute atomic E-state index is 0.175. The molecule has 0 amide bonds. The van der Waals surface area contributed by atoms with Gasteiger partial charge < -0.3 is 29.9 Å². The summed E-state index contributed by atoms with van der Waals surface area (Å²) in [6.45, 7) is 30.7. The van der Waals surface area contributed by atoms with Crippen molar-refractivity contribution in [2.24, 2.45) is 10.8 Å². The Morgan fingerprint density at radius 1 is 0.548 bits per heavy atom. The molecule has 0 aromatic rings. The predicted octanol–water partition coefficient (Wildman–Crippen LogP) is 6.62. The van der Waals surface area contributed by atoms with Gasteiger partial charge in [-0.1, -0.05) is 34.6 Å². The van der Waals surface area contributed by atoms with E-state index < -0.39 is 0 Å². The van der Waals surface area contributed by atoms with Crippen molar-refractivity contribution in [2.45, 2.75) is 181 Å². The molecule has 0 aromatic heterocycles. The van der Waals surface area contributed by atoms with Crippen LogP contribution in [0.2, 0.25) is 0 Å². The van der Waals surface area contributed by atoms with Crippen molar-refractivity contribution in [3.05, 3.63) is 0 Å². The van der Waals surface area contributed by atoms with Crippen molar-refractivity contribution in [1.82, 2.24) is 20.4 Å². The normalized spacial score (nSPS) is 29.9. The van der Waals surface area contributed by atoms with Gasteiger partial charge in [0.25, 0.3) is 0 Å². The molecule has 0 unspecified atom stereocenters. The molecule has 0 aromatic carbocycles. The number of nitrogens with one attached hydrogen (secondary N) is 2. The maximum Gasteiger partial charge on any atom is 0.0608 e. The van der Waals surface area contributed by atoms with E-state index in [9.17, 15) is 0 Å². The zero-order chi connectivity index (χ0) is 30.8. The van der Waals surface area contributed by atoms with Crippen molar-refractivity contribution in [2.75, 3.05) is 39.3 Å². The van der Waals surface area contributed by atoms with Gasteiger partial charge in [-0.05, 0) is 110 Å². The SMILES string of the molecule is CC(C)(C)CN1CCC(O[C@H]2C[C@@H](NC(C)(C)CCC(C)(C)CN3CCC(O[C@H]4C[C@H](NC(C)(C)C)C4)CC3)C2)CC1.